The number of hydrogen-bond donors (Lipinski definition) is 2. The molecule has 0 unspecified atom stereocenters. The quantitative estimate of drug-likeness (QED) is 0.801. The number of allylic oxidation sites excluding steroid dienone is 1. The number of benzene rings is 2. The minimum Gasteiger partial charge on any atom is -0.465 e. The summed E-state index contributed by atoms with van der Waals surface area (Å²) in [7, 11) is 0. The van der Waals surface area contributed by atoms with Gasteiger partial charge in [0.25, 0.3) is 0 Å². The van der Waals surface area contributed by atoms with Gasteiger partial charge in [-0.25, -0.2) is 4.79 Å². The number of carbonyl (C=O) groups excluding carboxylic acids is 1. The average molecular weight is 379 g/mol. The van der Waals surface area contributed by atoms with E-state index in [0.717, 1.165) is 43.0 Å². The fourth-order valence-electron chi connectivity index (χ4n) is 3.25. The van der Waals surface area contributed by atoms with Gasteiger partial charge in [0.05, 0.1) is 5.70 Å². The number of piperazine rings is 1. The molecule has 2 aromatic carbocycles. The Morgan fingerprint density at radius 2 is 1.46 bits per heavy atom. The molecule has 0 atom stereocenters. The Morgan fingerprint density at radius 1 is 0.857 bits per heavy atom. The van der Waals surface area contributed by atoms with E-state index < -0.39 is 6.09 Å². The van der Waals surface area contributed by atoms with E-state index in [1.807, 2.05) is 66.7 Å². The summed E-state index contributed by atoms with van der Waals surface area (Å²) in [5, 5.41) is 11.5. The lowest BCUT2D eigenvalue weighted by Gasteiger charge is -2.23. The van der Waals surface area contributed by atoms with Crippen molar-refractivity contribution in [3.63, 3.8) is 0 Å². The van der Waals surface area contributed by atoms with Crippen LogP contribution in [0.25, 0.3) is 0 Å². The van der Waals surface area contributed by atoms with Crippen molar-refractivity contribution >= 4 is 17.6 Å². The SMILES string of the molecule is O=C(C1=CCCN1c1ccccc1)c1ccccc1.O=C(O)N1CCNCC1. The molecule has 28 heavy (non-hydrogen) atoms. The van der Waals surface area contributed by atoms with E-state index in [2.05, 4.69) is 10.2 Å². The van der Waals surface area contributed by atoms with Crippen LogP contribution in [-0.2, 0) is 0 Å². The Kier molecular flexibility index (Phi) is 6.81. The molecule has 0 saturated carbocycles. The molecule has 2 aliphatic rings. The summed E-state index contributed by atoms with van der Waals surface area (Å²) in [6, 6.07) is 19.5. The third-order valence-corrected chi connectivity index (χ3v) is 4.71. The molecule has 4 rings (SSSR count). The van der Waals surface area contributed by atoms with Crippen molar-refractivity contribution in [3.8, 4) is 0 Å². The first-order valence-corrected chi connectivity index (χ1v) is 9.48. The summed E-state index contributed by atoms with van der Waals surface area (Å²) in [5.74, 6) is 0.0990. The smallest absolute Gasteiger partial charge is 0.407 e. The van der Waals surface area contributed by atoms with E-state index in [1.165, 1.54) is 4.90 Å². The second kappa shape index (κ2) is 9.71. The summed E-state index contributed by atoms with van der Waals surface area (Å²) in [6.45, 7) is 3.68. The Morgan fingerprint density at radius 3 is 2.04 bits per heavy atom. The van der Waals surface area contributed by atoms with Crippen molar-refractivity contribution in [2.75, 3.05) is 37.6 Å². The Labute approximate surface area is 165 Å². The zero-order chi connectivity index (χ0) is 19.8. The van der Waals surface area contributed by atoms with Gasteiger partial charge in [-0.05, 0) is 18.6 Å². The highest BCUT2D eigenvalue weighted by atomic mass is 16.4. The highest BCUT2D eigenvalue weighted by molar-refractivity contribution is 6.11. The van der Waals surface area contributed by atoms with Gasteiger partial charge in [0.2, 0.25) is 5.78 Å². The highest BCUT2D eigenvalue weighted by Gasteiger charge is 2.23. The van der Waals surface area contributed by atoms with E-state index in [0.29, 0.717) is 13.1 Å². The van der Waals surface area contributed by atoms with Crippen LogP contribution in [0.1, 0.15) is 16.8 Å². The molecular weight excluding hydrogens is 354 g/mol. The van der Waals surface area contributed by atoms with Crippen LogP contribution in [0.4, 0.5) is 10.5 Å². The highest BCUT2D eigenvalue weighted by Crippen LogP contribution is 2.26. The second-order valence-electron chi connectivity index (χ2n) is 6.58. The Hall–Kier alpha value is -3.12. The van der Waals surface area contributed by atoms with Crippen LogP contribution in [0, 0.1) is 0 Å². The number of ketones is 1. The molecule has 2 heterocycles. The summed E-state index contributed by atoms with van der Waals surface area (Å²) in [6.07, 6.45) is 2.14. The van der Waals surface area contributed by atoms with Gasteiger partial charge in [0.15, 0.2) is 0 Å². The Balaban J connectivity index is 0.000000211. The maximum Gasteiger partial charge on any atom is 0.407 e. The van der Waals surface area contributed by atoms with Crippen molar-refractivity contribution in [2.45, 2.75) is 6.42 Å². The van der Waals surface area contributed by atoms with Gasteiger partial charge in [-0.2, -0.15) is 0 Å². The molecule has 0 aromatic heterocycles. The number of nitrogens with one attached hydrogen (secondary N) is 1. The predicted molar refractivity (Wildman–Crippen MR) is 110 cm³/mol. The lowest BCUT2D eigenvalue weighted by Crippen LogP contribution is -2.45. The molecule has 0 spiro atoms. The largest absolute Gasteiger partial charge is 0.465 e. The molecule has 2 aliphatic heterocycles. The maximum absolute atomic E-state index is 12.5. The normalized spacial score (nSPS) is 16.1. The maximum atomic E-state index is 12.5. The lowest BCUT2D eigenvalue weighted by atomic mass is 10.1. The molecule has 1 saturated heterocycles. The van der Waals surface area contributed by atoms with Gasteiger partial charge in [-0.3, -0.25) is 4.79 Å². The van der Waals surface area contributed by atoms with Crippen molar-refractivity contribution in [1.29, 1.82) is 0 Å². The summed E-state index contributed by atoms with van der Waals surface area (Å²) >= 11 is 0. The Bertz CT molecular complexity index is 815. The van der Waals surface area contributed by atoms with Crippen molar-refractivity contribution < 1.29 is 14.7 Å². The molecule has 0 aliphatic carbocycles. The fraction of sp³-hybridized carbons (Fsp3) is 0.273. The third-order valence-electron chi connectivity index (χ3n) is 4.71. The van der Waals surface area contributed by atoms with Gasteiger partial charge in [-0.15, -0.1) is 0 Å². The fourth-order valence-corrected chi connectivity index (χ4v) is 3.25. The first-order valence-electron chi connectivity index (χ1n) is 9.48. The minimum atomic E-state index is -0.809. The zero-order valence-corrected chi connectivity index (χ0v) is 15.8. The number of rotatable bonds is 3. The number of Topliss-reactive ketones (excluding diaryl/α,β-unsaturated/α-hetero) is 1. The zero-order valence-electron chi connectivity index (χ0n) is 15.8. The molecule has 6 nitrogen and oxygen atoms in total. The van der Waals surface area contributed by atoms with Crippen LogP contribution >= 0.6 is 0 Å². The topological polar surface area (TPSA) is 72.9 Å². The van der Waals surface area contributed by atoms with E-state index in [9.17, 15) is 9.59 Å². The molecule has 6 heteroatoms. The van der Waals surface area contributed by atoms with Gasteiger partial charge < -0.3 is 20.2 Å². The second-order valence-corrected chi connectivity index (χ2v) is 6.58. The number of anilines is 1. The summed E-state index contributed by atoms with van der Waals surface area (Å²) in [4.78, 5) is 26.3. The van der Waals surface area contributed by atoms with Gasteiger partial charge in [-0.1, -0.05) is 54.6 Å². The summed E-state index contributed by atoms with van der Waals surface area (Å²) < 4.78 is 0. The van der Waals surface area contributed by atoms with Crippen LogP contribution in [0.5, 0.6) is 0 Å². The number of para-hydroxylation sites is 1. The predicted octanol–water partition coefficient (Wildman–Crippen LogP) is 3.23. The molecule has 1 fully saturated rings. The van der Waals surface area contributed by atoms with Crippen molar-refractivity contribution in [1.82, 2.24) is 10.2 Å². The standard InChI is InChI=1S/C17H15NO.C5H10N2O2/c19-17(14-8-3-1-4-9-14)16-12-7-13-18(16)15-10-5-2-6-11-15;8-5(9)7-3-1-6-2-4-7/h1-6,8-12H,7,13H2;6H,1-4H2,(H,8,9). The number of nitrogens with zero attached hydrogens (tertiary/aromatic N) is 2. The number of carbonyl (C=O) groups is 2. The van der Waals surface area contributed by atoms with Crippen LogP contribution in [0.15, 0.2) is 72.4 Å². The molecule has 0 bridgehead atoms. The average Bonchev–Trinajstić information content (AvgIpc) is 3.25. The van der Waals surface area contributed by atoms with E-state index in [4.69, 9.17) is 5.11 Å². The van der Waals surface area contributed by atoms with Crippen LogP contribution in [0.3, 0.4) is 0 Å². The first-order chi connectivity index (χ1) is 13.7. The molecule has 2 aromatic rings. The number of amides is 1. The van der Waals surface area contributed by atoms with E-state index in [-0.39, 0.29) is 5.78 Å². The minimum absolute atomic E-state index is 0.0990. The molecule has 1 amide bonds. The van der Waals surface area contributed by atoms with E-state index in [1.54, 1.807) is 0 Å². The van der Waals surface area contributed by atoms with Gasteiger partial charge in [0, 0.05) is 44.0 Å². The van der Waals surface area contributed by atoms with Crippen LogP contribution < -0.4 is 10.2 Å². The monoisotopic (exact) mass is 379 g/mol. The number of hydrogen-bond acceptors (Lipinski definition) is 4. The van der Waals surface area contributed by atoms with Crippen molar-refractivity contribution in [2.24, 2.45) is 0 Å². The molecule has 146 valence electrons. The lowest BCUT2D eigenvalue weighted by molar-refractivity contribution is 0.103. The van der Waals surface area contributed by atoms with Crippen LogP contribution in [0.2, 0.25) is 0 Å². The first kappa shape index (κ1) is 19.6. The number of carboxylic acid groups (broad SMARTS) is 1. The molecule has 0 radical (unpaired) electrons. The molecule has 2 N–H and O–H groups in total. The van der Waals surface area contributed by atoms with Gasteiger partial charge >= 0.3 is 6.09 Å². The van der Waals surface area contributed by atoms with Crippen molar-refractivity contribution in [3.05, 3.63) is 78.0 Å². The third kappa shape index (κ3) is 4.98. The van der Waals surface area contributed by atoms with Gasteiger partial charge in [0.1, 0.15) is 0 Å². The summed E-state index contributed by atoms with van der Waals surface area (Å²) in [5.41, 5.74) is 2.62. The van der Waals surface area contributed by atoms with E-state index >= 15 is 0 Å². The molecular formula is C22H25N3O3. The van der Waals surface area contributed by atoms with Crippen LogP contribution in [-0.4, -0.2) is 54.6 Å².